The number of nitrogens with one attached hydrogen (secondary N) is 1. The Balaban J connectivity index is 1.21. The standard InChI is InChI=1S/C42H36N4O5S/c1-3-10-30-23-28(24-38(50-4-2)40(30)51-27-32-13-9-12-29-11-5-6-14-35(29)32)25-39-41(47)45(22-21-31-26-43-37-16-8-7-15-36(31)37)42(52-39)44-33-17-19-34(20-18-33)46(48)49/h3,5-9,11-20,23-26,43H,1,4,10,21-22,27H2,2H3/b39-25-,44-42?. The van der Waals surface area contributed by atoms with E-state index in [1.807, 2.05) is 73.8 Å². The van der Waals surface area contributed by atoms with Crippen molar-refractivity contribution in [2.24, 2.45) is 4.99 Å². The summed E-state index contributed by atoms with van der Waals surface area (Å²) in [6.45, 7) is 7.08. The van der Waals surface area contributed by atoms with Gasteiger partial charge in [-0.15, -0.1) is 6.58 Å². The molecule has 5 aromatic carbocycles. The molecule has 2 heterocycles. The second-order valence-corrected chi connectivity index (χ2v) is 13.2. The summed E-state index contributed by atoms with van der Waals surface area (Å²) in [4.78, 5) is 35.2. The monoisotopic (exact) mass is 708 g/mol. The summed E-state index contributed by atoms with van der Waals surface area (Å²) < 4.78 is 12.6. The van der Waals surface area contributed by atoms with Gasteiger partial charge in [0.15, 0.2) is 16.7 Å². The number of rotatable bonds is 13. The lowest BCUT2D eigenvalue weighted by Gasteiger charge is -2.18. The maximum atomic E-state index is 14.1. The van der Waals surface area contributed by atoms with E-state index < -0.39 is 4.92 Å². The first kappa shape index (κ1) is 34.3. The van der Waals surface area contributed by atoms with Gasteiger partial charge in [0.2, 0.25) is 0 Å². The van der Waals surface area contributed by atoms with Crippen LogP contribution < -0.4 is 9.47 Å². The predicted octanol–water partition coefficient (Wildman–Crippen LogP) is 9.78. The van der Waals surface area contributed by atoms with Gasteiger partial charge in [0.25, 0.3) is 11.6 Å². The van der Waals surface area contributed by atoms with E-state index in [-0.39, 0.29) is 11.6 Å². The Morgan fingerprint density at radius 1 is 0.923 bits per heavy atom. The number of non-ortho nitro benzene ring substituents is 1. The molecule has 1 amide bonds. The van der Waals surface area contributed by atoms with Crippen LogP contribution in [0.1, 0.15) is 29.2 Å². The Morgan fingerprint density at radius 2 is 1.69 bits per heavy atom. The summed E-state index contributed by atoms with van der Waals surface area (Å²) >= 11 is 1.27. The van der Waals surface area contributed by atoms with Crippen LogP contribution in [0.15, 0.2) is 132 Å². The zero-order valence-electron chi connectivity index (χ0n) is 28.6. The van der Waals surface area contributed by atoms with Crippen molar-refractivity contribution in [3.63, 3.8) is 0 Å². The number of amidine groups is 1. The van der Waals surface area contributed by atoms with E-state index in [1.165, 1.54) is 23.9 Å². The number of aliphatic imine (C=N–C) groups is 1. The van der Waals surface area contributed by atoms with Crippen molar-refractivity contribution in [1.82, 2.24) is 9.88 Å². The number of para-hydroxylation sites is 1. The van der Waals surface area contributed by atoms with Crippen molar-refractivity contribution in [2.75, 3.05) is 13.2 Å². The van der Waals surface area contributed by atoms with Crippen LogP contribution in [-0.4, -0.2) is 39.0 Å². The summed E-state index contributed by atoms with van der Waals surface area (Å²) in [5.41, 5.74) is 5.35. The minimum atomic E-state index is -0.448. The molecule has 0 unspecified atom stereocenters. The van der Waals surface area contributed by atoms with Gasteiger partial charge >= 0.3 is 0 Å². The molecular weight excluding hydrogens is 673 g/mol. The van der Waals surface area contributed by atoms with Crippen molar-refractivity contribution >= 4 is 62.0 Å². The first-order valence-electron chi connectivity index (χ1n) is 17.0. The van der Waals surface area contributed by atoms with Gasteiger partial charge < -0.3 is 14.5 Å². The highest BCUT2D eigenvalue weighted by Gasteiger charge is 2.33. The zero-order chi connectivity index (χ0) is 36.0. The molecule has 1 fully saturated rings. The lowest BCUT2D eigenvalue weighted by atomic mass is 10.0. The van der Waals surface area contributed by atoms with E-state index in [2.05, 4.69) is 41.9 Å². The third kappa shape index (κ3) is 7.33. The number of H-pyrrole nitrogens is 1. The minimum Gasteiger partial charge on any atom is -0.490 e. The largest absolute Gasteiger partial charge is 0.490 e. The number of aromatic amines is 1. The zero-order valence-corrected chi connectivity index (χ0v) is 29.4. The normalized spacial score (nSPS) is 14.5. The van der Waals surface area contributed by atoms with E-state index >= 15 is 0 Å². The lowest BCUT2D eigenvalue weighted by molar-refractivity contribution is -0.384. The van der Waals surface area contributed by atoms with E-state index in [0.29, 0.717) is 59.9 Å². The molecule has 0 radical (unpaired) electrons. The molecule has 1 aliphatic heterocycles. The molecule has 6 aromatic rings. The van der Waals surface area contributed by atoms with Gasteiger partial charge in [0.05, 0.1) is 22.1 Å². The predicted molar refractivity (Wildman–Crippen MR) is 209 cm³/mol. The number of thioether (sulfide) groups is 1. The second kappa shape index (κ2) is 15.4. The molecule has 10 heteroatoms. The highest BCUT2D eigenvalue weighted by atomic mass is 32.2. The number of carbonyl (C=O) groups is 1. The molecule has 0 bridgehead atoms. The average molecular weight is 709 g/mol. The Labute approximate surface area is 305 Å². The molecule has 0 spiro atoms. The van der Waals surface area contributed by atoms with E-state index in [0.717, 1.165) is 43.9 Å². The van der Waals surface area contributed by atoms with Crippen LogP contribution in [0.3, 0.4) is 0 Å². The van der Waals surface area contributed by atoms with Gasteiger partial charge in [-0.05, 0) is 95.4 Å². The van der Waals surface area contributed by atoms with Crippen molar-refractivity contribution in [1.29, 1.82) is 0 Å². The van der Waals surface area contributed by atoms with Crippen LogP contribution >= 0.6 is 11.8 Å². The Kier molecular flexibility index (Phi) is 10.2. The third-order valence-corrected chi connectivity index (χ3v) is 9.83. The van der Waals surface area contributed by atoms with Crippen LogP contribution in [0.25, 0.3) is 27.8 Å². The fraction of sp³-hybridized carbons (Fsp3) is 0.143. The Hall–Kier alpha value is -6.13. The van der Waals surface area contributed by atoms with Gasteiger partial charge in [-0.25, -0.2) is 4.99 Å². The highest BCUT2D eigenvalue weighted by Crippen LogP contribution is 2.39. The summed E-state index contributed by atoms with van der Waals surface area (Å²) in [7, 11) is 0. The number of ether oxygens (including phenoxy) is 2. The number of hydrogen-bond donors (Lipinski definition) is 1. The summed E-state index contributed by atoms with van der Waals surface area (Å²) in [6.07, 6.45) is 6.79. The van der Waals surface area contributed by atoms with Gasteiger partial charge in [0, 0.05) is 41.3 Å². The third-order valence-electron chi connectivity index (χ3n) is 8.82. The number of hydrogen-bond acceptors (Lipinski definition) is 7. The summed E-state index contributed by atoms with van der Waals surface area (Å²) in [5.74, 6) is 1.05. The molecule has 260 valence electrons. The number of carbonyl (C=O) groups excluding carboxylic acids is 1. The van der Waals surface area contributed by atoms with E-state index in [4.69, 9.17) is 14.5 Å². The maximum Gasteiger partial charge on any atom is 0.269 e. The Morgan fingerprint density at radius 3 is 2.48 bits per heavy atom. The number of allylic oxidation sites excluding steroid dienone is 1. The molecule has 1 aliphatic rings. The summed E-state index contributed by atoms with van der Waals surface area (Å²) in [5, 5.41) is 15.1. The molecule has 1 N–H and O–H groups in total. The maximum absolute atomic E-state index is 14.1. The number of amides is 1. The second-order valence-electron chi connectivity index (χ2n) is 12.2. The SMILES string of the molecule is C=CCc1cc(/C=C2\SC(=Nc3ccc([N+](=O)[O-])cc3)N(CCc3c[nH]c4ccccc34)C2=O)cc(OCC)c1OCc1cccc2ccccc12. The van der Waals surface area contributed by atoms with Crippen LogP contribution in [0.5, 0.6) is 11.5 Å². The van der Waals surface area contributed by atoms with Crippen molar-refractivity contribution in [3.05, 3.63) is 159 Å². The smallest absolute Gasteiger partial charge is 0.269 e. The fourth-order valence-electron chi connectivity index (χ4n) is 6.34. The summed E-state index contributed by atoms with van der Waals surface area (Å²) in [6, 6.07) is 32.4. The topological polar surface area (TPSA) is 110 Å². The highest BCUT2D eigenvalue weighted by molar-refractivity contribution is 8.18. The molecule has 9 nitrogen and oxygen atoms in total. The minimum absolute atomic E-state index is 0.0270. The van der Waals surface area contributed by atoms with E-state index in [1.54, 1.807) is 17.0 Å². The van der Waals surface area contributed by atoms with Crippen LogP contribution in [0.2, 0.25) is 0 Å². The quantitative estimate of drug-likeness (QED) is 0.0554. The van der Waals surface area contributed by atoms with Crippen LogP contribution in [-0.2, 0) is 24.2 Å². The number of aromatic nitrogens is 1. The first-order valence-corrected chi connectivity index (χ1v) is 17.8. The molecule has 1 aromatic heterocycles. The molecule has 0 atom stereocenters. The number of nitrogens with zero attached hydrogens (tertiary/aromatic N) is 3. The van der Waals surface area contributed by atoms with Crippen molar-refractivity contribution < 1.29 is 19.2 Å². The average Bonchev–Trinajstić information content (AvgIpc) is 3.70. The number of benzene rings is 5. The van der Waals surface area contributed by atoms with Crippen LogP contribution in [0, 0.1) is 10.1 Å². The number of fused-ring (bicyclic) bond motifs is 2. The lowest BCUT2D eigenvalue weighted by Crippen LogP contribution is -2.31. The van der Waals surface area contributed by atoms with Crippen LogP contribution in [0.4, 0.5) is 11.4 Å². The molecule has 0 saturated carbocycles. The van der Waals surface area contributed by atoms with Crippen molar-refractivity contribution in [3.8, 4) is 11.5 Å². The van der Waals surface area contributed by atoms with Gasteiger partial charge in [-0.1, -0.05) is 66.7 Å². The van der Waals surface area contributed by atoms with Gasteiger partial charge in [0.1, 0.15) is 6.61 Å². The number of nitro benzene ring substituents is 1. The molecule has 52 heavy (non-hydrogen) atoms. The fourth-order valence-corrected chi connectivity index (χ4v) is 7.36. The van der Waals surface area contributed by atoms with E-state index in [9.17, 15) is 14.9 Å². The van der Waals surface area contributed by atoms with Gasteiger partial charge in [-0.2, -0.15) is 0 Å². The molecule has 0 aliphatic carbocycles. The number of nitro groups is 1. The molecular formula is C42H36N4O5S. The van der Waals surface area contributed by atoms with Crippen molar-refractivity contribution in [2.45, 2.75) is 26.4 Å². The molecule has 7 rings (SSSR count). The Bertz CT molecular complexity index is 2360. The molecule has 1 saturated heterocycles. The van der Waals surface area contributed by atoms with Gasteiger partial charge in [-0.3, -0.25) is 19.8 Å². The first-order chi connectivity index (χ1) is 25.4.